The molecule has 0 fully saturated rings. The number of nitrogen functional groups attached to an aromatic ring is 1. The average molecular weight is 392 g/mol. The van der Waals surface area contributed by atoms with Crippen LogP contribution in [-0.4, -0.2) is 39.1 Å². The molecule has 3 rings (SSSR count). The van der Waals surface area contributed by atoms with E-state index in [0.29, 0.717) is 5.03 Å². The van der Waals surface area contributed by atoms with Gasteiger partial charge in [-0.05, 0) is 18.4 Å². The van der Waals surface area contributed by atoms with Crippen LogP contribution in [0, 0.1) is 11.6 Å². The number of aromatic nitrogens is 4. The number of hydrogen-bond donors (Lipinski definition) is 2. The van der Waals surface area contributed by atoms with E-state index < -0.39 is 17.6 Å². The summed E-state index contributed by atoms with van der Waals surface area (Å²) in [7, 11) is 1.24. The van der Waals surface area contributed by atoms with Gasteiger partial charge in [0.2, 0.25) is 0 Å². The Morgan fingerprint density at radius 3 is 2.63 bits per heavy atom. The minimum Gasteiger partial charge on any atom is -0.465 e. The molecule has 27 heavy (non-hydrogen) atoms. The number of ether oxygens (including phenoxy) is 1. The van der Waals surface area contributed by atoms with E-state index in [4.69, 9.17) is 10.5 Å². The van der Waals surface area contributed by atoms with Crippen LogP contribution in [-0.2, 0) is 4.74 Å². The van der Waals surface area contributed by atoms with Gasteiger partial charge in [0.15, 0.2) is 5.82 Å². The summed E-state index contributed by atoms with van der Waals surface area (Å²) in [5, 5.41) is 7.15. The third kappa shape index (κ3) is 3.53. The normalized spacial score (nSPS) is 10.7. The summed E-state index contributed by atoms with van der Waals surface area (Å²) < 4.78 is 33.6. The van der Waals surface area contributed by atoms with Crippen LogP contribution in [0.2, 0.25) is 0 Å². The van der Waals surface area contributed by atoms with Gasteiger partial charge in [-0.3, -0.25) is 0 Å². The van der Waals surface area contributed by atoms with Gasteiger partial charge in [-0.1, -0.05) is 6.07 Å². The molecule has 0 bridgehead atoms. The van der Waals surface area contributed by atoms with Crippen molar-refractivity contribution in [3.05, 3.63) is 47.8 Å². The molecule has 0 saturated heterocycles. The van der Waals surface area contributed by atoms with Crippen LogP contribution in [0.1, 0.15) is 10.4 Å². The van der Waals surface area contributed by atoms with E-state index in [1.807, 2.05) is 0 Å². The lowest BCUT2D eigenvalue weighted by Gasteiger charge is -2.09. The van der Waals surface area contributed by atoms with E-state index in [9.17, 15) is 13.6 Å². The highest BCUT2D eigenvalue weighted by molar-refractivity contribution is 7.98. The minimum atomic E-state index is -0.772. The van der Waals surface area contributed by atoms with Crippen LogP contribution in [0.15, 0.2) is 35.6 Å². The number of carbonyl (C=O) groups excluding carboxylic acids is 1. The molecule has 3 aromatic rings. The predicted octanol–water partition coefficient (Wildman–Crippen LogP) is 2.77. The number of thioether (sulfide) groups is 1. The van der Waals surface area contributed by atoms with Crippen molar-refractivity contribution in [3.63, 3.8) is 0 Å². The van der Waals surface area contributed by atoms with Gasteiger partial charge in [-0.25, -0.2) is 23.5 Å². The number of nitrogens with one attached hydrogen (secondary N) is 1. The van der Waals surface area contributed by atoms with Gasteiger partial charge in [-0.15, -0.1) is 11.8 Å². The number of benzene rings is 1. The molecule has 0 spiro atoms. The Morgan fingerprint density at radius 2 is 2.00 bits per heavy atom. The number of nitrogens with two attached hydrogens (primary N) is 1. The number of carbonyl (C=O) groups is 1. The molecular formula is C16H14F2N6O2S. The molecule has 0 radical (unpaired) electrons. The number of nitrogens with zero attached hydrogens (tertiary/aromatic N) is 4. The average Bonchev–Trinajstić information content (AvgIpc) is 3.01. The minimum absolute atomic E-state index is 0.0212. The molecule has 140 valence electrons. The molecular weight excluding hydrogens is 378 g/mol. The number of anilines is 3. The third-order valence-electron chi connectivity index (χ3n) is 3.56. The first-order valence-electron chi connectivity index (χ1n) is 7.50. The summed E-state index contributed by atoms with van der Waals surface area (Å²) >= 11 is 1.21. The van der Waals surface area contributed by atoms with Crippen LogP contribution in [0.4, 0.5) is 26.1 Å². The van der Waals surface area contributed by atoms with Gasteiger partial charge >= 0.3 is 5.97 Å². The van der Waals surface area contributed by atoms with Crippen LogP contribution in [0.25, 0.3) is 5.82 Å². The molecule has 2 heterocycles. The molecule has 1 aromatic carbocycles. The van der Waals surface area contributed by atoms with Crippen molar-refractivity contribution in [1.29, 1.82) is 0 Å². The quantitative estimate of drug-likeness (QED) is 0.504. The highest BCUT2D eigenvalue weighted by Crippen LogP contribution is 2.28. The predicted molar refractivity (Wildman–Crippen MR) is 96.3 cm³/mol. The molecule has 0 unspecified atom stereocenters. The van der Waals surface area contributed by atoms with Gasteiger partial charge in [0.05, 0.1) is 7.11 Å². The number of esters is 1. The number of methoxy groups -OCH3 is 1. The molecule has 0 atom stereocenters. The highest BCUT2D eigenvalue weighted by Gasteiger charge is 2.24. The Kier molecular flexibility index (Phi) is 5.21. The fourth-order valence-electron chi connectivity index (χ4n) is 2.30. The zero-order valence-electron chi connectivity index (χ0n) is 14.2. The SMILES string of the molecule is COC(=O)c1c(SC)nn(-c2cc(Nc3c(F)cccc3F)ncn2)c1N. The van der Waals surface area contributed by atoms with E-state index in [1.165, 1.54) is 42.0 Å². The summed E-state index contributed by atoms with van der Waals surface area (Å²) in [6.45, 7) is 0. The smallest absolute Gasteiger partial charge is 0.344 e. The Balaban J connectivity index is 2.02. The molecule has 0 saturated carbocycles. The lowest BCUT2D eigenvalue weighted by molar-refractivity contribution is 0.0598. The second-order valence-corrected chi connectivity index (χ2v) is 5.95. The van der Waals surface area contributed by atoms with Crippen molar-refractivity contribution in [2.75, 3.05) is 24.4 Å². The first-order chi connectivity index (χ1) is 13.0. The van der Waals surface area contributed by atoms with Crippen LogP contribution in [0.3, 0.4) is 0 Å². The second kappa shape index (κ2) is 7.58. The maximum atomic E-state index is 13.8. The molecule has 0 aliphatic carbocycles. The van der Waals surface area contributed by atoms with Crippen LogP contribution >= 0.6 is 11.8 Å². The zero-order valence-corrected chi connectivity index (χ0v) is 15.1. The second-order valence-electron chi connectivity index (χ2n) is 5.16. The molecule has 11 heteroatoms. The van der Waals surface area contributed by atoms with Gasteiger partial charge in [0.25, 0.3) is 0 Å². The van der Waals surface area contributed by atoms with Crippen molar-refractivity contribution in [2.24, 2.45) is 0 Å². The number of hydrogen-bond acceptors (Lipinski definition) is 8. The molecule has 0 amide bonds. The zero-order chi connectivity index (χ0) is 19.6. The molecule has 8 nitrogen and oxygen atoms in total. The molecule has 3 N–H and O–H groups in total. The standard InChI is InChI=1S/C16H14F2N6O2S/c1-26-16(25)12-14(19)24(23-15(12)27-2)11-6-10(20-7-21-11)22-13-8(17)4-3-5-9(13)18/h3-7H,19H2,1-2H3,(H,20,21,22). The fourth-order valence-corrected chi connectivity index (χ4v) is 2.85. The third-order valence-corrected chi connectivity index (χ3v) is 4.23. The Hall–Kier alpha value is -3.21. The van der Waals surface area contributed by atoms with E-state index in [2.05, 4.69) is 20.4 Å². The summed E-state index contributed by atoms with van der Waals surface area (Å²) in [5.74, 6) is -1.84. The van der Waals surface area contributed by atoms with Crippen LogP contribution in [0.5, 0.6) is 0 Å². The van der Waals surface area contributed by atoms with E-state index >= 15 is 0 Å². The van der Waals surface area contributed by atoms with Crippen molar-refractivity contribution in [2.45, 2.75) is 5.03 Å². The maximum absolute atomic E-state index is 13.8. The van der Waals surface area contributed by atoms with Gasteiger partial charge in [-0.2, -0.15) is 9.78 Å². The maximum Gasteiger partial charge on any atom is 0.344 e. The largest absolute Gasteiger partial charge is 0.465 e. The van der Waals surface area contributed by atoms with E-state index in [-0.39, 0.29) is 28.7 Å². The Morgan fingerprint density at radius 1 is 1.30 bits per heavy atom. The van der Waals surface area contributed by atoms with Crippen molar-refractivity contribution in [1.82, 2.24) is 19.7 Å². The van der Waals surface area contributed by atoms with Crippen molar-refractivity contribution >= 4 is 35.1 Å². The van der Waals surface area contributed by atoms with E-state index in [1.54, 1.807) is 6.26 Å². The lowest BCUT2D eigenvalue weighted by Crippen LogP contribution is -2.09. The lowest BCUT2D eigenvalue weighted by atomic mass is 10.3. The summed E-state index contributed by atoms with van der Waals surface area (Å²) in [6, 6.07) is 4.88. The van der Waals surface area contributed by atoms with E-state index in [0.717, 1.165) is 12.1 Å². The van der Waals surface area contributed by atoms with Gasteiger partial charge < -0.3 is 15.8 Å². The summed E-state index contributed by atoms with van der Waals surface area (Å²) in [6.07, 6.45) is 2.90. The Bertz CT molecular complexity index is 990. The number of rotatable bonds is 5. The highest BCUT2D eigenvalue weighted by atomic mass is 32.2. The van der Waals surface area contributed by atoms with Gasteiger partial charge in [0, 0.05) is 6.07 Å². The van der Waals surface area contributed by atoms with Gasteiger partial charge in [0.1, 0.15) is 45.9 Å². The summed E-state index contributed by atoms with van der Waals surface area (Å²) in [4.78, 5) is 19.9. The van der Waals surface area contributed by atoms with Crippen LogP contribution < -0.4 is 11.1 Å². The van der Waals surface area contributed by atoms with Crippen molar-refractivity contribution in [3.8, 4) is 5.82 Å². The molecule has 2 aromatic heterocycles. The molecule has 0 aliphatic rings. The summed E-state index contributed by atoms with van der Waals surface area (Å²) in [5.41, 5.74) is 5.78. The first kappa shape index (κ1) is 18.6. The first-order valence-corrected chi connectivity index (χ1v) is 8.73. The van der Waals surface area contributed by atoms with Crippen molar-refractivity contribution < 1.29 is 18.3 Å². The Labute approximate surface area is 156 Å². The topological polar surface area (TPSA) is 108 Å². The fraction of sp³-hybridized carbons (Fsp3) is 0.125. The monoisotopic (exact) mass is 392 g/mol. The molecule has 0 aliphatic heterocycles. The number of halogens is 2. The number of para-hydroxylation sites is 1.